The highest BCUT2D eigenvalue weighted by Crippen LogP contribution is 2.27. The van der Waals surface area contributed by atoms with Crippen molar-refractivity contribution in [2.24, 2.45) is 0 Å². The lowest BCUT2D eigenvalue weighted by atomic mass is 10.2. The van der Waals surface area contributed by atoms with Gasteiger partial charge >= 0.3 is 0 Å². The highest BCUT2D eigenvalue weighted by molar-refractivity contribution is 7.98. The van der Waals surface area contributed by atoms with E-state index in [0.29, 0.717) is 0 Å². The van der Waals surface area contributed by atoms with Crippen molar-refractivity contribution in [2.75, 3.05) is 25.2 Å². The smallest absolute Gasteiger partial charge is 0.273 e. The Morgan fingerprint density at radius 2 is 2.11 bits per heavy atom. The molecule has 0 bridgehead atoms. The molecule has 0 radical (unpaired) electrons. The Balaban J connectivity index is 2.12. The second-order valence-corrected chi connectivity index (χ2v) is 3.10. The van der Waals surface area contributed by atoms with Crippen LogP contribution in [0.4, 0.5) is 8.78 Å². The largest absolute Gasteiger partial charge is 0.282 e. The van der Waals surface area contributed by atoms with Gasteiger partial charge < -0.3 is 0 Å². The minimum Gasteiger partial charge on any atom is -0.282 e. The van der Waals surface area contributed by atoms with E-state index in [4.69, 9.17) is 0 Å². The lowest BCUT2D eigenvalue weighted by Gasteiger charge is -2.37. The molecule has 1 aliphatic rings. The summed E-state index contributed by atoms with van der Waals surface area (Å²) in [5, 5.41) is 0. The van der Waals surface area contributed by atoms with Crippen LogP contribution in [0.5, 0.6) is 0 Å². The van der Waals surface area contributed by atoms with E-state index in [-0.39, 0.29) is 13.1 Å². The second-order valence-electron chi connectivity index (χ2n) is 2.26. The minimum atomic E-state index is -2.39. The first kappa shape index (κ1) is 7.28. The van der Waals surface area contributed by atoms with E-state index in [1.54, 1.807) is 16.7 Å². The third-order valence-electron chi connectivity index (χ3n) is 1.22. The van der Waals surface area contributed by atoms with Crippen LogP contribution in [0, 0.1) is 0 Å². The summed E-state index contributed by atoms with van der Waals surface area (Å²) in [6.07, 6.45) is 1.91. The van der Waals surface area contributed by atoms with E-state index in [1.807, 2.05) is 6.26 Å². The molecular weight excluding hydrogens is 144 g/mol. The van der Waals surface area contributed by atoms with Crippen molar-refractivity contribution in [1.82, 2.24) is 4.90 Å². The number of likely N-dealkylation sites (tertiary alicyclic amines) is 1. The van der Waals surface area contributed by atoms with Crippen molar-refractivity contribution in [2.45, 2.75) is 5.92 Å². The lowest BCUT2D eigenvalue weighted by molar-refractivity contribution is -0.122. The molecule has 1 nitrogen and oxygen atoms in total. The van der Waals surface area contributed by atoms with Crippen LogP contribution >= 0.6 is 11.8 Å². The molecular formula is C5H9F2NS. The molecule has 0 N–H and O–H groups in total. The van der Waals surface area contributed by atoms with Crippen LogP contribution in [0.3, 0.4) is 0 Å². The number of halogens is 2. The fraction of sp³-hybridized carbons (Fsp3) is 1.00. The summed E-state index contributed by atoms with van der Waals surface area (Å²) in [5.41, 5.74) is 0. The first-order valence-corrected chi connectivity index (χ1v) is 4.12. The Labute approximate surface area is 57.4 Å². The van der Waals surface area contributed by atoms with E-state index in [9.17, 15) is 8.78 Å². The number of rotatable bonds is 2. The van der Waals surface area contributed by atoms with Crippen LogP contribution in [0.2, 0.25) is 0 Å². The van der Waals surface area contributed by atoms with E-state index >= 15 is 0 Å². The average molecular weight is 153 g/mol. The first-order chi connectivity index (χ1) is 4.14. The quantitative estimate of drug-likeness (QED) is 0.587. The van der Waals surface area contributed by atoms with Crippen LogP contribution in [0.1, 0.15) is 0 Å². The lowest BCUT2D eigenvalue weighted by Crippen LogP contribution is -2.55. The van der Waals surface area contributed by atoms with Gasteiger partial charge in [-0.05, 0) is 6.26 Å². The maximum absolute atomic E-state index is 12.1. The van der Waals surface area contributed by atoms with Gasteiger partial charge in [0.15, 0.2) is 0 Å². The maximum atomic E-state index is 12.1. The molecule has 1 aliphatic heterocycles. The summed E-state index contributed by atoms with van der Waals surface area (Å²) in [7, 11) is 0. The Kier molecular flexibility index (Phi) is 1.96. The predicted molar refractivity (Wildman–Crippen MR) is 34.9 cm³/mol. The summed E-state index contributed by atoms with van der Waals surface area (Å²) in [5.74, 6) is -1.66. The molecule has 0 aliphatic carbocycles. The Bertz CT molecular complexity index is 99.1. The monoisotopic (exact) mass is 153 g/mol. The maximum Gasteiger partial charge on any atom is 0.273 e. The van der Waals surface area contributed by atoms with Gasteiger partial charge in [0.2, 0.25) is 0 Å². The van der Waals surface area contributed by atoms with Gasteiger partial charge in [0.1, 0.15) is 0 Å². The van der Waals surface area contributed by atoms with Crippen molar-refractivity contribution in [3.63, 3.8) is 0 Å². The Hall–Kier alpha value is 0.170. The zero-order valence-corrected chi connectivity index (χ0v) is 6.05. The third-order valence-corrected chi connectivity index (χ3v) is 1.84. The van der Waals surface area contributed by atoms with Crippen molar-refractivity contribution in [3.05, 3.63) is 0 Å². The number of thioether (sulfide) groups is 1. The number of hydrogen-bond donors (Lipinski definition) is 0. The molecule has 1 rings (SSSR count). The SMILES string of the molecule is CSCN1CC(F)(F)C1. The van der Waals surface area contributed by atoms with Crippen molar-refractivity contribution >= 4 is 11.8 Å². The summed E-state index contributed by atoms with van der Waals surface area (Å²) in [6.45, 7) is -0.0956. The molecule has 0 unspecified atom stereocenters. The van der Waals surface area contributed by atoms with Gasteiger partial charge in [-0.25, -0.2) is 8.78 Å². The molecule has 0 atom stereocenters. The highest BCUT2D eigenvalue weighted by atomic mass is 32.2. The van der Waals surface area contributed by atoms with Gasteiger partial charge in [-0.2, -0.15) is 0 Å². The summed E-state index contributed by atoms with van der Waals surface area (Å²) in [4.78, 5) is 1.73. The molecule has 0 aromatic carbocycles. The van der Waals surface area contributed by atoms with E-state index in [0.717, 1.165) is 5.88 Å². The Morgan fingerprint density at radius 1 is 1.56 bits per heavy atom. The minimum absolute atomic E-state index is 0.0478. The molecule has 0 aromatic heterocycles. The molecule has 1 saturated heterocycles. The topological polar surface area (TPSA) is 3.24 Å². The molecule has 1 fully saturated rings. The molecule has 0 aromatic rings. The van der Waals surface area contributed by atoms with Gasteiger partial charge in [0, 0.05) is 5.88 Å². The molecule has 0 amide bonds. The molecule has 0 spiro atoms. The van der Waals surface area contributed by atoms with E-state index in [1.165, 1.54) is 0 Å². The van der Waals surface area contributed by atoms with Gasteiger partial charge in [0.05, 0.1) is 13.1 Å². The van der Waals surface area contributed by atoms with Crippen molar-refractivity contribution in [1.29, 1.82) is 0 Å². The van der Waals surface area contributed by atoms with Crippen molar-refractivity contribution in [3.8, 4) is 0 Å². The first-order valence-electron chi connectivity index (χ1n) is 2.73. The molecule has 54 valence electrons. The fourth-order valence-corrected chi connectivity index (χ4v) is 1.43. The summed E-state index contributed by atoms with van der Waals surface area (Å²) in [6, 6.07) is 0. The highest BCUT2D eigenvalue weighted by Gasteiger charge is 2.43. The average Bonchev–Trinajstić information content (AvgIpc) is 1.62. The van der Waals surface area contributed by atoms with E-state index < -0.39 is 5.92 Å². The zero-order chi connectivity index (χ0) is 6.91. The second kappa shape index (κ2) is 2.42. The van der Waals surface area contributed by atoms with Crippen LogP contribution < -0.4 is 0 Å². The van der Waals surface area contributed by atoms with Crippen LogP contribution in [-0.4, -0.2) is 36.0 Å². The van der Waals surface area contributed by atoms with Gasteiger partial charge in [-0.15, -0.1) is 11.8 Å². The van der Waals surface area contributed by atoms with Crippen molar-refractivity contribution < 1.29 is 8.78 Å². The molecule has 0 saturated carbocycles. The molecule has 9 heavy (non-hydrogen) atoms. The summed E-state index contributed by atoms with van der Waals surface area (Å²) < 4.78 is 24.1. The number of nitrogens with zero attached hydrogens (tertiary/aromatic N) is 1. The predicted octanol–water partition coefficient (Wildman–Crippen LogP) is 1.26. The zero-order valence-electron chi connectivity index (χ0n) is 5.23. The molecule has 1 heterocycles. The van der Waals surface area contributed by atoms with Gasteiger partial charge in [-0.1, -0.05) is 0 Å². The number of alkyl halides is 2. The van der Waals surface area contributed by atoms with Gasteiger partial charge in [0.25, 0.3) is 5.92 Å². The van der Waals surface area contributed by atoms with Crippen LogP contribution in [0.25, 0.3) is 0 Å². The van der Waals surface area contributed by atoms with Gasteiger partial charge in [-0.3, -0.25) is 4.90 Å². The number of hydrogen-bond acceptors (Lipinski definition) is 2. The summed E-state index contributed by atoms with van der Waals surface area (Å²) >= 11 is 1.58. The van der Waals surface area contributed by atoms with Crippen LogP contribution in [0.15, 0.2) is 0 Å². The molecule has 4 heteroatoms. The van der Waals surface area contributed by atoms with Crippen LogP contribution in [-0.2, 0) is 0 Å². The van der Waals surface area contributed by atoms with E-state index in [2.05, 4.69) is 0 Å². The fourth-order valence-electron chi connectivity index (χ4n) is 0.882. The normalized spacial score (nSPS) is 25.7. The Morgan fingerprint density at radius 3 is 2.44 bits per heavy atom. The standard InChI is InChI=1S/C5H9F2NS/c1-9-4-8-2-5(6,7)3-8/h2-4H2,1H3. The third kappa shape index (κ3) is 1.79.